The Morgan fingerprint density at radius 3 is 3.05 bits per heavy atom. The summed E-state index contributed by atoms with van der Waals surface area (Å²) >= 11 is 1.89. The zero-order valence-corrected chi connectivity index (χ0v) is 13.2. The highest BCUT2D eigenvalue weighted by atomic mass is 32.1. The number of nitrogens with zero attached hydrogens (tertiary/aromatic N) is 3. The van der Waals surface area contributed by atoms with Gasteiger partial charge < -0.3 is 5.32 Å². The van der Waals surface area contributed by atoms with Crippen molar-refractivity contribution in [3.05, 3.63) is 33.8 Å². The fourth-order valence-electron chi connectivity index (χ4n) is 2.63. The zero-order chi connectivity index (χ0) is 14.2. The summed E-state index contributed by atoms with van der Waals surface area (Å²) in [7, 11) is 0. The van der Waals surface area contributed by atoms with Gasteiger partial charge in [-0.1, -0.05) is 5.21 Å². The highest BCUT2D eigenvalue weighted by Crippen LogP contribution is 2.33. The standard InChI is InChI=1S/C15H22N4S/c1-15(2,3)19-10-11(17-18-19)9-16-13-5-4-6-14-12(13)7-8-20-14/h7-8,10,13,16H,4-6,9H2,1-3H3. The van der Waals surface area contributed by atoms with Gasteiger partial charge in [0.1, 0.15) is 0 Å². The fraction of sp³-hybridized carbons (Fsp3) is 0.600. The summed E-state index contributed by atoms with van der Waals surface area (Å²) in [6.07, 6.45) is 5.78. The van der Waals surface area contributed by atoms with E-state index < -0.39 is 0 Å². The summed E-state index contributed by atoms with van der Waals surface area (Å²) in [5, 5.41) is 14.3. The maximum atomic E-state index is 4.26. The molecule has 0 saturated carbocycles. The number of fused-ring (bicyclic) bond motifs is 1. The Labute approximate surface area is 124 Å². The van der Waals surface area contributed by atoms with Crippen LogP contribution in [0, 0.1) is 0 Å². The van der Waals surface area contributed by atoms with Gasteiger partial charge in [0.15, 0.2) is 0 Å². The number of thiophene rings is 1. The Kier molecular flexibility index (Phi) is 3.65. The molecule has 0 aromatic carbocycles. The predicted octanol–water partition coefficient (Wildman–Crippen LogP) is 3.26. The van der Waals surface area contributed by atoms with Gasteiger partial charge in [0, 0.05) is 17.5 Å². The molecule has 0 aliphatic heterocycles. The third kappa shape index (κ3) is 2.79. The van der Waals surface area contributed by atoms with E-state index in [0.29, 0.717) is 6.04 Å². The Morgan fingerprint density at radius 2 is 2.30 bits per heavy atom. The zero-order valence-electron chi connectivity index (χ0n) is 12.4. The maximum absolute atomic E-state index is 4.26. The molecule has 1 aliphatic carbocycles. The maximum Gasteiger partial charge on any atom is 0.0965 e. The molecule has 0 radical (unpaired) electrons. The minimum atomic E-state index is -0.00336. The van der Waals surface area contributed by atoms with Crippen LogP contribution in [0.3, 0.4) is 0 Å². The molecule has 1 unspecified atom stereocenters. The van der Waals surface area contributed by atoms with Crippen LogP contribution in [0.5, 0.6) is 0 Å². The van der Waals surface area contributed by atoms with Crippen molar-refractivity contribution < 1.29 is 0 Å². The summed E-state index contributed by atoms with van der Waals surface area (Å²) in [6.45, 7) is 7.20. The quantitative estimate of drug-likeness (QED) is 0.943. The average molecular weight is 290 g/mol. The van der Waals surface area contributed by atoms with Crippen molar-refractivity contribution in [3.8, 4) is 0 Å². The van der Waals surface area contributed by atoms with E-state index in [9.17, 15) is 0 Å². The van der Waals surface area contributed by atoms with E-state index in [1.54, 1.807) is 4.88 Å². The van der Waals surface area contributed by atoms with Crippen LogP contribution in [0.4, 0.5) is 0 Å². The Morgan fingerprint density at radius 1 is 1.45 bits per heavy atom. The van der Waals surface area contributed by atoms with Gasteiger partial charge in [0.05, 0.1) is 17.4 Å². The molecule has 2 aromatic rings. The van der Waals surface area contributed by atoms with Gasteiger partial charge in [-0.25, -0.2) is 4.68 Å². The largest absolute Gasteiger partial charge is 0.304 e. The first kappa shape index (κ1) is 13.8. The van der Waals surface area contributed by atoms with Gasteiger partial charge >= 0.3 is 0 Å². The second-order valence-corrected chi connectivity index (χ2v) is 7.45. The van der Waals surface area contributed by atoms with Crippen molar-refractivity contribution in [2.24, 2.45) is 0 Å². The van der Waals surface area contributed by atoms with Gasteiger partial charge in [-0.15, -0.1) is 16.4 Å². The van der Waals surface area contributed by atoms with E-state index in [4.69, 9.17) is 0 Å². The Bertz CT molecular complexity index is 579. The van der Waals surface area contributed by atoms with Crippen molar-refractivity contribution in [1.29, 1.82) is 0 Å². The molecular formula is C15H22N4S. The summed E-state index contributed by atoms with van der Waals surface area (Å²) in [4.78, 5) is 1.55. The molecule has 0 spiro atoms. The van der Waals surface area contributed by atoms with Crippen LogP contribution < -0.4 is 5.32 Å². The molecule has 1 atom stereocenters. The number of rotatable bonds is 3. The van der Waals surface area contributed by atoms with E-state index in [1.165, 1.54) is 24.8 Å². The third-order valence-corrected chi connectivity index (χ3v) is 4.81. The molecule has 0 bridgehead atoms. The lowest BCUT2D eigenvalue weighted by Crippen LogP contribution is -2.24. The monoisotopic (exact) mass is 290 g/mol. The summed E-state index contributed by atoms with van der Waals surface area (Å²) in [6, 6.07) is 2.74. The van der Waals surface area contributed by atoms with Gasteiger partial charge in [-0.3, -0.25) is 0 Å². The number of hydrogen-bond acceptors (Lipinski definition) is 4. The second kappa shape index (κ2) is 5.30. The minimum Gasteiger partial charge on any atom is -0.304 e. The van der Waals surface area contributed by atoms with E-state index in [1.807, 2.05) is 22.2 Å². The number of aromatic nitrogens is 3. The van der Waals surface area contributed by atoms with Crippen LogP contribution in [-0.2, 0) is 18.5 Å². The van der Waals surface area contributed by atoms with Gasteiger partial charge in [0.2, 0.25) is 0 Å². The molecule has 1 N–H and O–H groups in total. The summed E-state index contributed by atoms with van der Waals surface area (Å²) in [5.41, 5.74) is 2.50. The lowest BCUT2D eigenvalue weighted by molar-refractivity contribution is 0.346. The highest BCUT2D eigenvalue weighted by molar-refractivity contribution is 7.10. The van der Waals surface area contributed by atoms with Crippen LogP contribution >= 0.6 is 11.3 Å². The average Bonchev–Trinajstić information content (AvgIpc) is 3.04. The van der Waals surface area contributed by atoms with E-state index in [-0.39, 0.29) is 5.54 Å². The molecule has 2 aromatic heterocycles. The third-order valence-electron chi connectivity index (χ3n) is 3.81. The van der Waals surface area contributed by atoms with Crippen molar-refractivity contribution in [1.82, 2.24) is 20.3 Å². The van der Waals surface area contributed by atoms with Gasteiger partial charge in [-0.2, -0.15) is 0 Å². The summed E-state index contributed by atoms with van der Waals surface area (Å²) < 4.78 is 1.93. The molecule has 2 heterocycles. The van der Waals surface area contributed by atoms with E-state index in [0.717, 1.165) is 12.2 Å². The lowest BCUT2D eigenvalue weighted by atomic mass is 9.94. The molecule has 4 nitrogen and oxygen atoms in total. The lowest BCUT2D eigenvalue weighted by Gasteiger charge is -2.23. The number of nitrogens with one attached hydrogen (secondary N) is 1. The molecule has 3 rings (SSSR count). The first-order chi connectivity index (χ1) is 9.54. The molecule has 0 amide bonds. The van der Waals surface area contributed by atoms with Gasteiger partial charge in [-0.05, 0) is 57.0 Å². The molecule has 1 aliphatic rings. The molecule has 0 fully saturated rings. The minimum absolute atomic E-state index is 0.00336. The van der Waals surface area contributed by atoms with Crippen LogP contribution in [0.25, 0.3) is 0 Å². The van der Waals surface area contributed by atoms with E-state index >= 15 is 0 Å². The van der Waals surface area contributed by atoms with Crippen molar-refractivity contribution >= 4 is 11.3 Å². The molecule has 0 saturated heterocycles. The van der Waals surface area contributed by atoms with Crippen LogP contribution in [-0.4, -0.2) is 15.0 Å². The normalized spacial score (nSPS) is 19.1. The van der Waals surface area contributed by atoms with E-state index in [2.05, 4.69) is 47.8 Å². The predicted molar refractivity (Wildman–Crippen MR) is 81.9 cm³/mol. The van der Waals surface area contributed by atoms with Crippen molar-refractivity contribution in [2.75, 3.05) is 0 Å². The smallest absolute Gasteiger partial charge is 0.0965 e. The first-order valence-corrected chi connectivity index (χ1v) is 8.13. The number of hydrogen-bond donors (Lipinski definition) is 1. The van der Waals surface area contributed by atoms with Crippen molar-refractivity contribution in [2.45, 2.75) is 58.2 Å². The topological polar surface area (TPSA) is 42.7 Å². The molecular weight excluding hydrogens is 268 g/mol. The van der Waals surface area contributed by atoms with Gasteiger partial charge in [0.25, 0.3) is 0 Å². The van der Waals surface area contributed by atoms with Crippen molar-refractivity contribution in [3.63, 3.8) is 0 Å². The summed E-state index contributed by atoms with van der Waals surface area (Å²) in [5.74, 6) is 0. The number of aryl methyl sites for hydroxylation is 1. The first-order valence-electron chi connectivity index (χ1n) is 7.25. The Hall–Kier alpha value is -1.20. The molecule has 108 valence electrons. The molecule has 5 heteroatoms. The van der Waals surface area contributed by atoms with Crippen LogP contribution in [0.2, 0.25) is 0 Å². The second-order valence-electron chi connectivity index (χ2n) is 6.45. The fourth-order valence-corrected chi connectivity index (χ4v) is 3.62. The van der Waals surface area contributed by atoms with Crippen LogP contribution in [0.15, 0.2) is 17.6 Å². The van der Waals surface area contributed by atoms with Crippen LogP contribution in [0.1, 0.15) is 55.8 Å². The SMILES string of the molecule is CC(C)(C)n1cc(CNC2CCCc3sccc32)nn1. The highest BCUT2D eigenvalue weighted by Gasteiger charge is 2.21. The molecule has 20 heavy (non-hydrogen) atoms. The Balaban J connectivity index is 1.65.